The van der Waals surface area contributed by atoms with Gasteiger partial charge < -0.3 is 10.1 Å². The number of thioether (sulfide) groups is 1. The first kappa shape index (κ1) is 21.7. The van der Waals surface area contributed by atoms with Gasteiger partial charge in [-0.3, -0.25) is 14.3 Å². The molecule has 10 heteroatoms. The van der Waals surface area contributed by atoms with Gasteiger partial charge in [-0.2, -0.15) is 0 Å². The third-order valence-corrected chi connectivity index (χ3v) is 6.25. The lowest BCUT2D eigenvalue weighted by Crippen LogP contribution is -2.16. The van der Waals surface area contributed by atoms with E-state index in [0.29, 0.717) is 28.1 Å². The number of thiophene rings is 1. The minimum atomic E-state index is -0.471. The van der Waals surface area contributed by atoms with Crippen LogP contribution in [-0.4, -0.2) is 44.5 Å². The first-order valence-electron chi connectivity index (χ1n) is 9.15. The highest BCUT2D eigenvalue weighted by Gasteiger charge is 2.19. The van der Waals surface area contributed by atoms with E-state index in [1.807, 2.05) is 23.6 Å². The van der Waals surface area contributed by atoms with Gasteiger partial charge in [0.15, 0.2) is 11.0 Å². The monoisotopic (exact) mass is 443 g/mol. The molecule has 0 saturated carbocycles. The Labute approximate surface area is 182 Å². The molecule has 3 rings (SSSR count). The molecule has 0 aliphatic rings. The summed E-state index contributed by atoms with van der Waals surface area (Å²) in [5.74, 6) is 0.0833. The summed E-state index contributed by atoms with van der Waals surface area (Å²) in [5.41, 5.74) is 1.25. The second-order valence-electron chi connectivity index (χ2n) is 6.08. The lowest BCUT2D eigenvalue weighted by molar-refractivity contribution is -0.113. The molecule has 0 fully saturated rings. The van der Waals surface area contributed by atoms with Crippen LogP contribution in [-0.2, 0) is 22.5 Å². The summed E-state index contributed by atoms with van der Waals surface area (Å²) < 4.78 is 6.70. The number of esters is 1. The highest BCUT2D eigenvalue weighted by molar-refractivity contribution is 7.99. The molecule has 3 aromatic rings. The van der Waals surface area contributed by atoms with Crippen molar-refractivity contribution in [3.05, 3.63) is 53.7 Å². The van der Waals surface area contributed by atoms with E-state index < -0.39 is 5.97 Å². The second-order valence-corrected chi connectivity index (χ2v) is 8.16. The molecule has 0 aliphatic heterocycles. The number of anilines is 1. The van der Waals surface area contributed by atoms with Gasteiger partial charge in [-0.05, 0) is 24.6 Å². The smallest absolute Gasteiger partial charge is 0.340 e. The number of hydrogen-bond donors (Lipinski definition) is 1. The first-order chi connectivity index (χ1) is 14.6. The number of aromatic nitrogens is 4. The number of amides is 1. The number of allylic oxidation sites excluding steroid dienone is 1. The minimum Gasteiger partial charge on any atom is -0.465 e. The number of aryl methyl sites for hydroxylation is 1. The summed E-state index contributed by atoms with van der Waals surface area (Å²) in [6.07, 6.45) is 5.89. The predicted octanol–water partition coefficient (Wildman–Crippen LogP) is 3.67. The largest absolute Gasteiger partial charge is 0.465 e. The standard InChI is InChI=1S/C20H21N5O3S2/c1-4-10-25-17(13-6-8-21-9-7-13)23-24-20(25)29-12-16(26)22-18-15(19(27)28-3)11-14(5-2)30-18/h4,6-9,11H,1,5,10,12H2,2-3H3,(H,22,26). The van der Waals surface area contributed by atoms with Crippen LogP contribution < -0.4 is 5.32 Å². The molecule has 8 nitrogen and oxygen atoms in total. The van der Waals surface area contributed by atoms with E-state index in [4.69, 9.17) is 4.74 Å². The number of carbonyl (C=O) groups excluding carboxylic acids is 2. The molecular weight excluding hydrogens is 422 g/mol. The molecule has 0 radical (unpaired) electrons. The van der Waals surface area contributed by atoms with E-state index in [-0.39, 0.29) is 11.7 Å². The quantitative estimate of drug-likeness (QED) is 0.306. The summed E-state index contributed by atoms with van der Waals surface area (Å²) in [7, 11) is 1.32. The van der Waals surface area contributed by atoms with Crippen LogP contribution in [0.25, 0.3) is 11.4 Å². The number of ether oxygens (including phenoxy) is 1. The Morgan fingerprint density at radius 3 is 2.77 bits per heavy atom. The molecule has 156 valence electrons. The molecule has 0 atom stereocenters. The van der Waals surface area contributed by atoms with Gasteiger partial charge in [-0.1, -0.05) is 24.8 Å². The zero-order valence-corrected chi connectivity index (χ0v) is 18.3. The number of methoxy groups -OCH3 is 1. The molecule has 0 saturated heterocycles. The maximum Gasteiger partial charge on any atom is 0.340 e. The van der Waals surface area contributed by atoms with Gasteiger partial charge in [0.05, 0.1) is 18.4 Å². The van der Waals surface area contributed by atoms with Crippen molar-refractivity contribution < 1.29 is 14.3 Å². The van der Waals surface area contributed by atoms with Crippen molar-refractivity contribution in [1.82, 2.24) is 19.7 Å². The van der Waals surface area contributed by atoms with Crippen molar-refractivity contribution in [3.63, 3.8) is 0 Å². The van der Waals surface area contributed by atoms with Crippen LogP contribution in [0.4, 0.5) is 5.00 Å². The van der Waals surface area contributed by atoms with Gasteiger partial charge in [-0.25, -0.2) is 4.79 Å². The normalized spacial score (nSPS) is 10.6. The number of rotatable bonds is 9. The van der Waals surface area contributed by atoms with Crippen molar-refractivity contribution in [1.29, 1.82) is 0 Å². The van der Waals surface area contributed by atoms with Crippen LogP contribution in [0, 0.1) is 0 Å². The van der Waals surface area contributed by atoms with Crippen LogP contribution in [0.2, 0.25) is 0 Å². The zero-order chi connectivity index (χ0) is 21.5. The van der Waals surface area contributed by atoms with Crippen molar-refractivity contribution in [2.45, 2.75) is 25.0 Å². The Morgan fingerprint density at radius 2 is 2.10 bits per heavy atom. The Hall–Kier alpha value is -2.98. The molecular formula is C20H21N5O3S2. The summed E-state index contributed by atoms with van der Waals surface area (Å²) in [5, 5.41) is 12.4. The molecule has 1 N–H and O–H groups in total. The first-order valence-corrected chi connectivity index (χ1v) is 11.0. The van der Waals surface area contributed by atoms with Crippen LogP contribution in [0.3, 0.4) is 0 Å². The number of carbonyl (C=O) groups is 2. The molecule has 3 aromatic heterocycles. The van der Waals surface area contributed by atoms with E-state index >= 15 is 0 Å². The molecule has 3 heterocycles. The van der Waals surface area contributed by atoms with Gasteiger partial charge in [0.2, 0.25) is 5.91 Å². The second kappa shape index (κ2) is 10.2. The molecule has 0 aromatic carbocycles. The van der Waals surface area contributed by atoms with Crippen molar-refractivity contribution in [2.75, 3.05) is 18.2 Å². The maximum absolute atomic E-state index is 12.5. The summed E-state index contributed by atoms with van der Waals surface area (Å²) in [6, 6.07) is 5.45. The van der Waals surface area contributed by atoms with Gasteiger partial charge in [-0.15, -0.1) is 28.1 Å². The summed E-state index contributed by atoms with van der Waals surface area (Å²) in [6.45, 7) is 6.28. The predicted molar refractivity (Wildman–Crippen MR) is 118 cm³/mol. The minimum absolute atomic E-state index is 0.117. The van der Waals surface area contributed by atoms with Crippen LogP contribution in [0.1, 0.15) is 22.2 Å². The fourth-order valence-corrected chi connectivity index (χ4v) is 4.42. The highest BCUT2D eigenvalue weighted by atomic mass is 32.2. The van der Waals surface area contributed by atoms with Crippen LogP contribution >= 0.6 is 23.1 Å². The Kier molecular flexibility index (Phi) is 7.36. The average molecular weight is 444 g/mol. The van der Waals surface area contributed by atoms with Crippen molar-refractivity contribution >= 4 is 40.0 Å². The molecule has 0 bridgehead atoms. The molecule has 1 amide bonds. The fraction of sp³-hybridized carbons (Fsp3) is 0.250. The van der Waals surface area contributed by atoms with Gasteiger partial charge in [0, 0.05) is 29.4 Å². The van der Waals surface area contributed by atoms with E-state index in [1.54, 1.807) is 24.5 Å². The number of pyridine rings is 1. The van der Waals surface area contributed by atoms with E-state index in [0.717, 1.165) is 16.9 Å². The van der Waals surface area contributed by atoms with Gasteiger partial charge >= 0.3 is 5.97 Å². The lowest BCUT2D eigenvalue weighted by atomic mass is 10.2. The maximum atomic E-state index is 12.5. The van der Waals surface area contributed by atoms with E-state index in [2.05, 4.69) is 27.1 Å². The van der Waals surface area contributed by atoms with Crippen molar-refractivity contribution in [3.8, 4) is 11.4 Å². The SMILES string of the molecule is C=CCn1c(SCC(=O)Nc2sc(CC)cc2C(=O)OC)nnc1-c1ccncc1. The Morgan fingerprint density at radius 1 is 1.33 bits per heavy atom. The van der Waals surface area contributed by atoms with Gasteiger partial charge in [0.25, 0.3) is 0 Å². The van der Waals surface area contributed by atoms with E-state index in [9.17, 15) is 9.59 Å². The van der Waals surface area contributed by atoms with Crippen LogP contribution in [0.15, 0.2) is 48.4 Å². The fourth-order valence-electron chi connectivity index (χ4n) is 2.67. The summed E-state index contributed by atoms with van der Waals surface area (Å²) in [4.78, 5) is 29.5. The number of nitrogens with zero attached hydrogens (tertiary/aromatic N) is 4. The Balaban J connectivity index is 1.73. The number of hydrogen-bond acceptors (Lipinski definition) is 8. The zero-order valence-electron chi connectivity index (χ0n) is 16.6. The molecule has 0 aliphatic carbocycles. The van der Waals surface area contributed by atoms with Crippen molar-refractivity contribution in [2.24, 2.45) is 0 Å². The van der Waals surface area contributed by atoms with E-state index in [1.165, 1.54) is 30.2 Å². The summed E-state index contributed by atoms with van der Waals surface area (Å²) >= 11 is 2.64. The third-order valence-electron chi connectivity index (χ3n) is 4.09. The third kappa shape index (κ3) is 4.95. The van der Waals surface area contributed by atoms with Crippen LogP contribution in [0.5, 0.6) is 0 Å². The highest BCUT2D eigenvalue weighted by Crippen LogP contribution is 2.30. The lowest BCUT2D eigenvalue weighted by Gasteiger charge is -2.08. The number of nitrogens with one attached hydrogen (secondary N) is 1. The molecule has 0 spiro atoms. The molecule has 0 unspecified atom stereocenters. The average Bonchev–Trinajstić information content (AvgIpc) is 3.36. The molecule has 30 heavy (non-hydrogen) atoms. The van der Waals surface area contributed by atoms with Gasteiger partial charge in [0.1, 0.15) is 5.00 Å². The topological polar surface area (TPSA) is 99.0 Å². The Bertz CT molecular complexity index is 1050.